The molecule has 0 fully saturated rings. The molecule has 0 aromatic heterocycles. The van der Waals surface area contributed by atoms with E-state index in [1.165, 1.54) is 7.11 Å². The summed E-state index contributed by atoms with van der Waals surface area (Å²) < 4.78 is 9.84. The van der Waals surface area contributed by atoms with Crippen LogP contribution in [0.25, 0.3) is 0 Å². The molecule has 1 aromatic carbocycles. The molecule has 4 nitrogen and oxygen atoms in total. The number of rotatable bonds is 6. The molecule has 0 spiro atoms. The van der Waals surface area contributed by atoms with Crippen LogP contribution in [0.3, 0.4) is 0 Å². The molecule has 0 aliphatic heterocycles. The molecule has 1 atom stereocenters. The van der Waals surface area contributed by atoms with Crippen LogP contribution in [0.4, 0.5) is 5.69 Å². The lowest BCUT2D eigenvalue weighted by atomic mass is 10.1. The Morgan fingerprint density at radius 1 is 1.39 bits per heavy atom. The zero-order chi connectivity index (χ0) is 13.5. The van der Waals surface area contributed by atoms with E-state index in [9.17, 15) is 4.79 Å². The highest BCUT2D eigenvalue weighted by molar-refractivity contribution is 5.92. The van der Waals surface area contributed by atoms with E-state index in [2.05, 4.69) is 12.2 Å². The normalized spacial score (nSPS) is 12.0. The number of methoxy groups -OCH3 is 2. The molecule has 0 amide bonds. The summed E-state index contributed by atoms with van der Waals surface area (Å²) in [5, 5.41) is 3.33. The molecule has 1 rings (SSSR count). The number of hydrogen-bond acceptors (Lipinski definition) is 4. The molecule has 0 heterocycles. The molecule has 1 aromatic rings. The number of ether oxygens (including phenoxy) is 2. The molecule has 1 unspecified atom stereocenters. The lowest BCUT2D eigenvalue weighted by Gasteiger charge is -2.15. The van der Waals surface area contributed by atoms with Crippen LogP contribution in [-0.4, -0.2) is 33.3 Å². The molecule has 0 saturated carbocycles. The predicted octanol–water partition coefficient (Wildman–Crippen LogP) is 2.48. The van der Waals surface area contributed by atoms with Crippen LogP contribution >= 0.6 is 0 Å². The van der Waals surface area contributed by atoms with Crippen LogP contribution in [0.2, 0.25) is 0 Å². The highest BCUT2D eigenvalue weighted by Gasteiger charge is 2.12. The zero-order valence-corrected chi connectivity index (χ0v) is 11.4. The predicted molar refractivity (Wildman–Crippen MR) is 72.0 cm³/mol. The van der Waals surface area contributed by atoms with Gasteiger partial charge in [0, 0.05) is 19.3 Å². The number of carbonyl (C=O) groups excluding carboxylic acids is 1. The lowest BCUT2D eigenvalue weighted by molar-refractivity contribution is 0.0600. The SMILES string of the molecule is COCC(C)CNc1cccc(C(=O)OC)c1C. The van der Waals surface area contributed by atoms with Crippen molar-refractivity contribution in [2.75, 3.05) is 32.7 Å². The summed E-state index contributed by atoms with van der Waals surface area (Å²) in [7, 11) is 3.09. The van der Waals surface area contributed by atoms with Gasteiger partial charge in [0.1, 0.15) is 0 Å². The average Bonchev–Trinajstić information content (AvgIpc) is 2.37. The van der Waals surface area contributed by atoms with E-state index < -0.39 is 0 Å². The van der Waals surface area contributed by atoms with Crippen molar-refractivity contribution >= 4 is 11.7 Å². The Kier molecular flexibility index (Phi) is 5.65. The number of carbonyl (C=O) groups is 1. The highest BCUT2D eigenvalue weighted by Crippen LogP contribution is 2.19. The van der Waals surface area contributed by atoms with E-state index in [1.54, 1.807) is 13.2 Å². The third-order valence-corrected chi connectivity index (χ3v) is 2.83. The summed E-state index contributed by atoms with van der Waals surface area (Å²) in [5.74, 6) is 0.109. The van der Waals surface area contributed by atoms with Crippen molar-refractivity contribution in [1.82, 2.24) is 0 Å². The Morgan fingerprint density at radius 3 is 2.72 bits per heavy atom. The number of hydrogen-bond donors (Lipinski definition) is 1. The van der Waals surface area contributed by atoms with Crippen LogP contribution < -0.4 is 5.32 Å². The van der Waals surface area contributed by atoms with Crippen molar-refractivity contribution in [1.29, 1.82) is 0 Å². The Labute approximate surface area is 108 Å². The number of anilines is 1. The van der Waals surface area contributed by atoms with Crippen molar-refractivity contribution in [2.24, 2.45) is 5.92 Å². The van der Waals surface area contributed by atoms with Gasteiger partial charge in [-0.2, -0.15) is 0 Å². The summed E-state index contributed by atoms with van der Waals surface area (Å²) in [6, 6.07) is 5.58. The van der Waals surface area contributed by atoms with Crippen molar-refractivity contribution in [2.45, 2.75) is 13.8 Å². The van der Waals surface area contributed by atoms with Crippen molar-refractivity contribution in [3.63, 3.8) is 0 Å². The van der Waals surface area contributed by atoms with Crippen molar-refractivity contribution < 1.29 is 14.3 Å². The quantitative estimate of drug-likeness (QED) is 0.789. The van der Waals surface area contributed by atoms with Gasteiger partial charge in [0.15, 0.2) is 0 Å². The van der Waals surface area contributed by atoms with E-state index in [0.717, 1.165) is 17.8 Å². The van der Waals surface area contributed by atoms with Crippen LogP contribution in [0, 0.1) is 12.8 Å². The van der Waals surface area contributed by atoms with E-state index in [-0.39, 0.29) is 5.97 Å². The van der Waals surface area contributed by atoms with Gasteiger partial charge < -0.3 is 14.8 Å². The topological polar surface area (TPSA) is 47.6 Å². The first-order chi connectivity index (χ1) is 8.60. The van der Waals surface area contributed by atoms with E-state index in [4.69, 9.17) is 9.47 Å². The second kappa shape index (κ2) is 7.01. The van der Waals surface area contributed by atoms with E-state index in [1.807, 2.05) is 19.1 Å². The second-order valence-electron chi connectivity index (χ2n) is 4.41. The molecule has 0 bridgehead atoms. The molecule has 18 heavy (non-hydrogen) atoms. The summed E-state index contributed by atoms with van der Waals surface area (Å²) in [6.45, 7) is 5.54. The van der Waals surface area contributed by atoms with Gasteiger partial charge in [-0.25, -0.2) is 4.79 Å². The number of benzene rings is 1. The molecular formula is C14H21NO3. The fourth-order valence-electron chi connectivity index (χ4n) is 1.79. The standard InChI is InChI=1S/C14H21NO3/c1-10(9-17-3)8-15-13-7-5-6-12(11(13)2)14(16)18-4/h5-7,10,15H,8-9H2,1-4H3. The minimum atomic E-state index is -0.305. The molecule has 100 valence electrons. The molecule has 0 radical (unpaired) electrons. The maximum atomic E-state index is 11.6. The van der Waals surface area contributed by atoms with Gasteiger partial charge in [-0.3, -0.25) is 0 Å². The zero-order valence-electron chi connectivity index (χ0n) is 11.4. The highest BCUT2D eigenvalue weighted by atomic mass is 16.5. The van der Waals surface area contributed by atoms with E-state index >= 15 is 0 Å². The lowest BCUT2D eigenvalue weighted by Crippen LogP contribution is -2.17. The minimum Gasteiger partial charge on any atom is -0.465 e. The first-order valence-electron chi connectivity index (χ1n) is 6.00. The minimum absolute atomic E-state index is 0.305. The Balaban J connectivity index is 2.75. The summed E-state index contributed by atoms with van der Waals surface area (Å²) >= 11 is 0. The van der Waals surface area contributed by atoms with Crippen molar-refractivity contribution in [3.8, 4) is 0 Å². The van der Waals surface area contributed by atoms with Gasteiger partial charge in [0.05, 0.1) is 19.3 Å². The molecular weight excluding hydrogens is 230 g/mol. The monoisotopic (exact) mass is 251 g/mol. The van der Waals surface area contributed by atoms with Crippen LogP contribution in [0.5, 0.6) is 0 Å². The van der Waals surface area contributed by atoms with Gasteiger partial charge in [-0.1, -0.05) is 13.0 Å². The molecule has 0 aliphatic carbocycles. The summed E-state index contributed by atoms with van der Waals surface area (Å²) in [5.41, 5.74) is 2.47. The fourth-order valence-corrected chi connectivity index (χ4v) is 1.79. The Bertz CT molecular complexity index is 404. The second-order valence-corrected chi connectivity index (χ2v) is 4.41. The average molecular weight is 251 g/mol. The fraction of sp³-hybridized carbons (Fsp3) is 0.500. The Morgan fingerprint density at radius 2 is 2.11 bits per heavy atom. The maximum Gasteiger partial charge on any atom is 0.338 e. The molecule has 0 aliphatic rings. The first kappa shape index (κ1) is 14.5. The van der Waals surface area contributed by atoms with Gasteiger partial charge in [0.25, 0.3) is 0 Å². The molecule has 0 saturated heterocycles. The van der Waals surface area contributed by atoms with Gasteiger partial charge in [0.2, 0.25) is 0 Å². The van der Waals surface area contributed by atoms with Gasteiger partial charge in [-0.15, -0.1) is 0 Å². The largest absolute Gasteiger partial charge is 0.465 e. The third kappa shape index (κ3) is 3.74. The Hall–Kier alpha value is -1.55. The van der Waals surface area contributed by atoms with Crippen LogP contribution in [0.15, 0.2) is 18.2 Å². The third-order valence-electron chi connectivity index (χ3n) is 2.83. The van der Waals surface area contributed by atoms with Gasteiger partial charge >= 0.3 is 5.97 Å². The first-order valence-corrected chi connectivity index (χ1v) is 6.00. The van der Waals surface area contributed by atoms with Crippen LogP contribution in [0.1, 0.15) is 22.8 Å². The van der Waals surface area contributed by atoms with E-state index in [0.29, 0.717) is 18.1 Å². The molecule has 1 N–H and O–H groups in total. The summed E-state index contributed by atoms with van der Waals surface area (Å²) in [4.78, 5) is 11.6. The number of nitrogens with one attached hydrogen (secondary N) is 1. The maximum absolute atomic E-state index is 11.6. The van der Waals surface area contributed by atoms with Gasteiger partial charge in [-0.05, 0) is 30.5 Å². The van der Waals surface area contributed by atoms with Crippen LogP contribution in [-0.2, 0) is 9.47 Å². The number of esters is 1. The molecule has 4 heteroatoms. The smallest absolute Gasteiger partial charge is 0.338 e. The van der Waals surface area contributed by atoms with Crippen molar-refractivity contribution in [3.05, 3.63) is 29.3 Å². The summed E-state index contributed by atoms with van der Waals surface area (Å²) in [6.07, 6.45) is 0.